The van der Waals surface area contributed by atoms with E-state index in [0.29, 0.717) is 0 Å². The number of benzene rings is 1. The Hall–Kier alpha value is -0.812. The molecule has 78 valence electrons. The Morgan fingerprint density at radius 3 is 2.33 bits per heavy atom. The Morgan fingerprint density at radius 1 is 1.33 bits per heavy atom. The van der Waals surface area contributed by atoms with E-state index in [1.54, 1.807) is 0 Å². The summed E-state index contributed by atoms with van der Waals surface area (Å²) < 4.78 is 1.29. The number of aryl methyl sites for hydroxylation is 2. The number of hydrogen-bond acceptors (Lipinski definition) is 1. The predicted molar refractivity (Wildman–Crippen MR) is 62.3 cm³/mol. The molecule has 1 nitrogen and oxygen atoms in total. The van der Waals surface area contributed by atoms with Gasteiger partial charge in [0.1, 0.15) is 0 Å². The number of allylic oxidation sites excluding steroid dienone is 2. The molecule has 0 heterocycles. The molecule has 1 aromatic rings. The third-order valence-electron chi connectivity index (χ3n) is 2.27. The quantitative estimate of drug-likeness (QED) is 0.575. The molecule has 0 fully saturated rings. The zero-order valence-electron chi connectivity index (χ0n) is 9.24. The van der Waals surface area contributed by atoms with Crippen LogP contribution in [0.2, 0.25) is 0 Å². The van der Waals surface area contributed by atoms with Crippen LogP contribution in [0.4, 0.5) is 0 Å². The molecule has 0 spiro atoms. The van der Waals surface area contributed by atoms with E-state index in [1.165, 1.54) is 39.9 Å². The van der Waals surface area contributed by atoms with Crippen LogP contribution in [0.25, 0.3) is 0 Å². The normalized spacial score (nSPS) is 11.3. The summed E-state index contributed by atoms with van der Waals surface area (Å²) in [5, 5.41) is 0. The van der Waals surface area contributed by atoms with Crippen molar-refractivity contribution in [2.75, 3.05) is 0 Å². The van der Waals surface area contributed by atoms with Crippen molar-refractivity contribution in [1.29, 1.82) is 0 Å². The van der Waals surface area contributed by atoms with E-state index in [0.717, 1.165) is 5.70 Å². The maximum atomic E-state index is 5.23. The number of hydrogen-bond donors (Lipinski definition) is 0. The zero-order chi connectivity index (χ0) is 11.4. The van der Waals surface area contributed by atoms with E-state index in [9.17, 15) is 0 Å². The summed E-state index contributed by atoms with van der Waals surface area (Å²) in [5.74, 6) is 0. The van der Waals surface area contributed by atoms with Gasteiger partial charge in [-0.15, -0.1) is 0 Å². The standard InChI is InChI=1S/C13H14N.W/c1-10-6-5-7-11(2)13(10)9-8-12(3)14-4;/h4-8H,1-3H3;/q-1;. The molecule has 0 atom stereocenters. The molecule has 0 aliphatic carbocycles. The second kappa shape index (κ2) is 5.32. The predicted octanol–water partition coefficient (Wildman–Crippen LogP) is 2.85. The van der Waals surface area contributed by atoms with Gasteiger partial charge in [0.05, 0.1) is 0 Å². The van der Waals surface area contributed by atoms with Crippen LogP contribution in [-0.4, -0.2) is 10.6 Å². The van der Waals surface area contributed by atoms with Crippen LogP contribution in [-0.2, 0) is 19.4 Å². The fourth-order valence-corrected chi connectivity index (χ4v) is 3.27. The number of nitrogens with zero attached hydrogens (tertiary/aromatic N) is 1. The van der Waals surface area contributed by atoms with Crippen molar-refractivity contribution in [2.45, 2.75) is 20.8 Å². The van der Waals surface area contributed by atoms with Crippen LogP contribution in [0.1, 0.15) is 23.6 Å². The molecule has 0 radical (unpaired) electrons. The molecule has 0 aliphatic rings. The molecule has 0 unspecified atom stereocenters. The second-order valence-electron chi connectivity index (χ2n) is 3.55. The van der Waals surface area contributed by atoms with Crippen molar-refractivity contribution >= 4 is 10.6 Å². The van der Waals surface area contributed by atoms with Crippen molar-refractivity contribution < 1.29 is 19.4 Å². The fourth-order valence-electron chi connectivity index (χ4n) is 1.50. The van der Waals surface area contributed by atoms with Crippen molar-refractivity contribution in [2.24, 2.45) is 4.99 Å². The van der Waals surface area contributed by atoms with Crippen LogP contribution >= 0.6 is 0 Å². The van der Waals surface area contributed by atoms with E-state index in [1.807, 2.05) is 13.0 Å². The maximum absolute atomic E-state index is 5.23. The van der Waals surface area contributed by atoms with Crippen molar-refractivity contribution in [3.05, 3.63) is 46.7 Å². The molecule has 0 N–H and O–H groups in total. The number of aliphatic imine (C=N–C) groups is 1. The Bertz CT molecular complexity index is 410. The first-order chi connectivity index (χ1) is 7.06. The molecule has 1 rings (SSSR count). The summed E-state index contributed by atoms with van der Waals surface area (Å²) in [4.78, 5) is 3.67. The monoisotopic (exact) mass is 368 g/mol. The third kappa shape index (κ3) is 3.07. The molecule has 0 aromatic heterocycles. The molecular weight excluding hydrogens is 354 g/mol. The first-order valence-electron chi connectivity index (χ1n) is 4.76. The van der Waals surface area contributed by atoms with Gasteiger partial charge in [-0.05, 0) is 0 Å². The number of rotatable bonds is 3. The SMILES string of the molecule is [CH-]=NC(C)=C[C](=[W])c1c(C)cccc1C. The summed E-state index contributed by atoms with van der Waals surface area (Å²) in [7, 11) is 0. The summed E-state index contributed by atoms with van der Waals surface area (Å²) in [6, 6.07) is 6.35. The van der Waals surface area contributed by atoms with Crippen molar-refractivity contribution in [1.82, 2.24) is 0 Å². The van der Waals surface area contributed by atoms with E-state index in [4.69, 9.17) is 6.72 Å². The van der Waals surface area contributed by atoms with E-state index in [2.05, 4.69) is 37.0 Å². The average Bonchev–Trinajstić information content (AvgIpc) is 2.17. The van der Waals surface area contributed by atoms with Gasteiger partial charge in [-0.25, -0.2) is 0 Å². The summed E-state index contributed by atoms with van der Waals surface area (Å²) >= 11 is 1.44. The van der Waals surface area contributed by atoms with Gasteiger partial charge in [-0.1, -0.05) is 0 Å². The fraction of sp³-hybridized carbons (Fsp3) is 0.231. The van der Waals surface area contributed by atoms with E-state index >= 15 is 0 Å². The van der Waals surface area contributed by atoms with Gasteiger partial charge in [-0.2, -0.15) is 0 Å². The van der Waals surface area contributed by atoms with Gasteiger partial charge < -0.3 is 0 Å². The molecular formula is C13H14NW-. The summed E-state index contributed by atoms with van der Waals surface area (Å²) in [6.45, 7) is 11.4. The van der Waals surface area contributed by atoms with Gasteiger partial charge in [-0.3, -0.25) is 0 Å². The van der Waals surface area contributed by atoms with Gasteiger partial charge >= 0.3 is 102 Å². The van der Waals surface area contributed by atoms with Crippen LogP contribution < -0.4 is 0 Å². The average molecular weight is 368 g/mol. The Labute approximate surface area is 102 Å². The first kappa shape index (κ1) is 12.3. The molecule has 15 heavy (non-hydrogen) atoms. The van der Waals surface area contributed by atoms with E-state index < -0.39 is 0 Å². The first-order valence-corrected chi connectivity index (χ1v) is 6.22. The summed E-state index contributed by atoms with van der Waals surface area (Å²) in [5.41, 5.74) is 4.81. The van der Waals surface area contributed by atoms with Crippen LogP contribution in [0, 0.1) is 13.8 Å². The van der Waals surface area contributed by atoms with E-state index in [-0.39, 0.29) is 0 Å². The second-order valence-corrected chi connectivity index (χ2v) is 5.13. The van der Waals surface area contributed by atoms with Gasteiger partial charge in [0.2, 0.25) is 0 Å². The van der Waals surface area contributed by atoms with Gasteiger partial charge in [0, 0.05) is 0 Å². The molecule has 0 aliphatic heterocycles. The molecule has 1 aromatic carbocycles. The van der Waals surface area contributed by atoms with Crippen molar-refractivity contribution in [3.63, 3.8) is 0 Å². The molecule has 0 amide bonds. The van der Waals surface area contributed by atoms with Crippen molar-refractivity contribution in [3.8, 4) is 0 Å². The van der Waals surface area contributed by atoms with Crippen LogP contribution in [0.5, 0.6) is 0 Å². The van der Waals surface area contributed by atoms with Gasteiger partial charge in [0.25, 0.3) is 0 Å². The molecule has 0 saturated heterocycles. The summed E-state index contributed by atoms with van der Waals surface area (Å²) in [6.07, 6.45) is 2.05. The van der Waals surface area contributed by atoms with Gasteiger partial charge in [0.15, 0.2) is 0 Å². The Kier molecular flexibility index (Phi) is 4.35. The Balaban J connectivity index is 3.17. The molecule has 0 bridgehead atoms. The molecule has 0 saturated carbocycles. The minimum atomic E-state index is 0.864. The van der Waals surface area contributed by atoms with Crippen LogP contribution in [0.15, 0.2) is 35.0 Å². The third-order valence-corrected chi connectivity index (χ3v) is 3.43. The van der Waals surface area contributed by atoms with Crippen LogP contribution in [0.3, 0.4) is 0 Å². The zero-order valence-corrected chi connectivity index (χ0v) is 12.2. The Morgan fingerprint density at radius 2 is 1.87 bits per heavy atom. The minimum absolute atomic E-state index is 0.864. The topological polar surface area (TPSA) is 12.4 Å². The molecule has 2 heteroatoms.